The van der Waals surface area contributed by atoms with Gasteiger partial charge in [0.15, 0.2) is 0 Å². The molecular formula is C24H29N3O2. The monoisotopic (exact) mass is 391 g/mol. The maximum absolute atomic E-state index is 12.8. The summed E-state index contributed by atoms with van der Waals surface area (Å²) in [5, 5.41) is 0. The molecule has 0 spiro atoms. The molecular weight excluding hydrogens is 362 g/mol. The second-order valence-electron chi connectivity index (χ2n) is 7.97. The van der Waals surface area contributed by atoms with Crippen LogP contribution in [0.1, 0.15) is 37.3 Å². The molecule has 1 fully saturated rings. The highest BCUT2D eigenvalue weighted by Crippen LogP contribution is 2.25. The summed E-state index contributed by atoms with van der Waals surface area (Å²) in [6.07, 6.45) is 3.72. The predicted molar refractivity (Wildman–Crippen MR) is 116 cm³/mol. The highest BCUT2D eigenvalue weighted by molar-refractivity contribution is 5.92. The van der Waals surface area contributed by atoms with Crippen molar-refractivity contribution in [2.45, 2.75) is 39.2 Å². The maximum Gasteiger partial charge on any atom is 0.224 e. The van der Waals surface area contributed by atoms with Crippen molar-refractivity contribution in [2.75, 3.05) is 36.0 Å². The molecule has 2 amide bonds. The van der Waals surface area contributed by atoms with Gasteiger partial charge in [0.05, 0.1) is 0 Å². The van der Waals surface area contributed by atoms with Gasteiger partial charge in [0.2, 0.25) is 11.8 Å². The average Bonchev–Trinajstić information content (AvgIpc) is 3.28. The van der Waals surface area contributed by atoms with Crippen LogP contribution in [0.3, 0.4) is 0 Å². The number of carbonyl (C=O) groups excluding carboxylic acids is 2. The molecule has 2 aliphatic rings. The Hall–Kier alpha value is -2.82. The summed E-state index contributed by atoms with van der Waals surface area (Å²) in [6.45, 7) is 5.60. The first-order valence-electron chi connectivity index (χ1n) is 10.6. The lowest BCUT2D eigenvalue weighted by Crippen LogP contribution is -2.39. The average molecular weight is 392 g/mol. The molecule has 0 aliphatic carbocycles. The number of hydrogen-bond acceptors (Lipinski definition) is 3. The summed E-state index contributed by atoms with van der Waals surface area (Å²) in [4.78, 5) is 31.0. The molecule has 2 aromatic rings. The molecule has 4 rings (SSSR count). The molecule has 0 unspecified atom stereocenters. The van der Waals surface area contributed by atoms with Crippen LogP contribution in [-0.2, 0) is 22.6 Å². The van der Waals surface area contributed by atoms with Crippen molar-refractivity contribution in [1.29, 1.82) is 0 Å². The van der Waals surface area contributed by atoms with Crippen LogP contribution in [0.25, 0.3) is 0 Å². The standard InChI is InChI=1S/C24H29N3O2/c1-19(28)27(23-10-8-22(9-11-23)25-14-4-5-15-25)17-13-24(29)26-16-12-20-6-2-3-7-21(20)18-26/h2-3,6-11H,4-5,12-18H2,1H3. The highest BCUT2D eigenvalue weighted by Gasteiger charge is 2.22. The fraction of sp³-hybridized carbons (Fsp3) is 0.417. The molecule has 0 aromatic heterocycles. The Labute approximate surface area is 172 Å². The third-order valence-corrected chi connectivity index (χ3v) is 6.05. The van der Waals surface area contributed by atoms with E-state index >= 15 is 0 Å². The summed E-state index contributed by atoms with van der Waals surface area (Å²) in [6, 6.07) is 16.5. The quantitative estimate of drug-likeness (QED) is 0.782. The second-order valence-corrected chi connectivity index (χ2v) is 7.97. The minimum Gasteiger partial charge on any atom is -0.372 e. The molecule has 0 radical (unpaired) electrons. The van der Waals surface area contributed by atoms with E-state index in [0.717, 1.165) is 31.7 Å². The molecule has 29 heavy (non-hydrogen) atoms. The molecule has 0 N–H and O–H groups in total. The summed E-state index contributed by atoms with van der Waals surface area (Å²) < 4.78 is 0. The molecule has 2 aromatic carbocycles. The lowest BCUT2D eigenvalue weighted by atomic mass is 10.00. The molecule has 5 heteroatoms. The fourth-order valence-electron chi connectivity index (χ4n) is 4.36. The summed E-state index contributed by atoms with van der Waals surface area (Å²) in [5.74, 6) is 0.0788. The second kappa shape index (κ2) is 8.68. The molecule has 0 saturated carbocycles. The van der Waals surface area contributed by atoms with Gasteiger partial charge < -0.3 is 14.7 Å². The smallest absolute Gasteiger partial charge is 0.224 e. The summed E-state index contributed by atoms with van der Waals surface area (Å²) in [5.41, 5.74) is 4.63. The maximum atomic E-state index is 12.8. The first kappa shape index (κ1) is 19.5. The van der Waals surface area contributed by atoms with E-state index in [0.29, 0.717) is 19.5 Å². The highest BCUT2D eigenvalue weighted by atomic mass is 16.2. The topological polar surface area (TPSA) is 43.9 Å². The van der Waals surface area contributed by atoms with Gasteiger partial charge in [0.1, 0.15) is 0 Å². The molecule has 5 nitrogen and oxygen atoms in total. The van der Waals surface area contributed by atoms with E-state index in [1.165, 1.54) is 29.7 Å². The van der Waals surface area contributed by atoms with Crippen molar-refractivity contribution >= 4 is 23.2 Å². The summed E-state index contributed by atoms with van der Waals surface area (Å²) >= 11 is 0. The molecule has 1 saturated heterocycles. The van der Waals surface area contributed by atoms with Crippen molar-refractivity contribution in [1.82, 2.24) is 4.90 Å². The van der Waals surface area contributed by atoms with Crippen molar-refractivity contribution in [2.24, 2.45) is 0 Å². The van der Waals surface area contributed by atoms with Crippen LogP contribution in [0.5, 0.6) is 0 Å². The first-order chi connectivity index (χ1) is 14.1. The number of fused-ring (bicyclic) bond motifs is 1. The SMILES string of the molecule is CC(=O)N(CCC(=O)N1CCc2ccccc2C1)c1ccc(N2CCCC2)cc1. The zero-order valence-corrected chi connectivity index (χ0v) is 17.1. The Morgan fingerprint density at radius 3 is 2.31 bits per heavy atom. The van der Waals surface area contributed by atoms with Crippen LogP contribution in [0.2, 0.25) is 0 Å². The minimum absolute atomic E-state index is 0.0317. The van der Waals surface area contributed by atoms with Gasteiger partial charge in [-0.2, -0.15) is 0 Å². The van der Waals surface area contributed by atoms with E-state index in [9.17, 15) is 9.59 Å². The molecule has 0 bridgehead atoms. The molecule has 0 atom stereocenters. The van der Waals surface area contributed by atoms with Gasteiger partial charge in [-0.15, -0.1) is 0 Å². The fourth-order valence-corrected chi connectivity index (χ4v) is 4.36. The van der Waals surface area contributed by atoms with E-state index in [1.807, 2.05) is 23.1 Å². The normalized spacial score (nSPS) is 15.9. The van der Waals surface area contributed by atoms with Crippen molar-refractivity contribution in [3.63, 3.8) is 0 Å². The van der Waals surface area contributed by atoms with Gasteiger partial charge in [-0.1, -0.05) is 24.3 Å². The van der Waals surface area contributed by atoms with Gasteiger partial charge in [-0.25, -0.2) is 0 Å². The van der Waals surface area contributed by atoms with Gasteiger partial charge in [0, 0.05) is 57.4 Å². The zero-order valence-electron chi connectivity index (χ0n) is 17.1. The van der Waals surface area contributed by atoms with E-state index < -0.39 is 0 Å². The van der Waals surface area contributed by atoms with Gasteiger partial charge >= 0.3 is 0 Å². The Balaban J connectivity index is 1.37. The lowest BCUT2D eigenvalue weighted by Gasteiger charge is -2.30. The van der Waals surface area contributed by atoms with Gasteiger partial charge in [0.25, 0.3) is 0 Å². The van der Waals surface area contributed by atoms with Crippen molar-refractivity contribution in [3.8, 4) is 0 Å². The Morgan fingerprint density at radius 1 is 0.931 bits per heavy atom. The number of rotatable bonds is 5. The van der Waals surface area contributed by atoms with E-state index in [2.05, 4.69) is 35.2 Å². The predicted octanol–water partition coefficient (Wildman–Crippen LogP) is 3.61. The molecule has 2 heterocycles. The Kier molecular flexibility index (Phi) is 5.84. The molecule has 152 valence electrons. The molecule has 2 aliphatic heterocycles. The third-order valence-electron chi connectivity index (χ3n) is 6.05. The number of anilines is 2. The van der Waals surface area contributed by atoms with Crippen LogP contribution in [0.4, 0.5) is 11.4 Å². The van der Waals surface area contributed by atoms with Crippen LogP contribution in [0, 0.1) is 0 Å². The first-order valence-corrected chi connectivity index (χ1v) is 10.6. The number of carbonyl (C=O) groups is 2. The zero-order chi connectivity index (χ0) is 20.2. The Bertz CT molecular complexity index is 872. The van der Waals surface area contributed by atoms with Gasteiger partial charge in [-0.3, -0.25) is 9.59 Å². The number of amides is 2. The van der Waals surface area contributed by atoms with Crippen molar-refractivity contribution in [3.05, 3.63) is 59.7 Å². The van der Waals surface area contributed by atoms with E-state index in [-0.39, 0.29) is 11.8 Å². The summed E-state index contributed by atoms with van der Waals surface area (Å²) in [7, 11) is 0. The lowest BCUT2D eigenvalue weighted by molar-refractivity contribution is -0.131. The van der Waals surface area contributed by atoms with Crippen LogP contribution in [-0.4, -0.2) is 42.9 Å². The van der Waals surface area contributed by atoms with Gasteiger partial charge in [-0.05, 0) is 54.7 Å². The Morgan fingerprint density at radius 2 is 1.62 bits per heavy atom. The third kappa shape index (κ3) is 4.44. The minimum atomic E-state index is -0.0317. The number of hydrogen-bond donors (Lipinski definition) is 0. The van der Waals surface area contributed by atoms with Crippen LogP contribution in [0.15, 0.2) is 48.5 Å². The largest absolute Gasteiger partial charge is 0.372 e. The van der Waals surface area contributed by atoms with Crippen molar-refractivity contribution < 1.29 is 9.59 Å². The van der Waals surface area contributed by atoms with Crippen LogP contribution < -0.4 is 9.80 Å². The number of benzene rings is 2. The van der Waals surface area contributed by atoms with Crippen LogP contribution >= 0.6 is 0 Å². The number of nitrogens with zero attached hydrogens (tertiary/aromatic N) is 3. The van der Waals surface area contributed by atoms with E-state index in [4.69, 9.17) is 0 Å². The van der Waals surface area contributed by atoms with E-state index in [1.54, 1.807) is 11.8 Å².